The maximum Gasteiger partial charge on any atom is 0.355 e. The molecule has 0 spiro atoms. The van der Waals surface area contributed by atoms with Gasteiger partial charge < -0.3 is 24.5 Å². The van der Waals surface area contributed by atoms with Crippen molar-refractivity contribution in [3.05, 3.63) is 88.0 Å². The molecule has 186 valence electrons. The van der Waals surface area contributed by atoms with E-state index in [0.717, 1.165) is 5.56 Å². The van der Waals surface area contributed by atoms with E-state index in [1.165, 1.54) is 12.0 Å². The van der Waals surface area contributed by atoms with Gasteiger partial charge in [-0.2, -0.15) is 0 Å². The maximum absolute atomic E-state index is 13.4. The van der Waals surface area contributed by atoms with Gasteiger partial charge in [0.1, 0.15) is 17.2 Å². The van der Waals surface area contributed by atoms with Crippen molar-refractivity contribution in [2.75, 3.05) is 13.7 Å². The lowest BCUT2D eigenvalue weighted by molar-refractivity contribution is -0.140. The molecule has 0 saturated carbocycles. The van der Waals surface area contributed by atoms with Gasteiger partial charge in [0.25, 0.3) is 11.7 Å². The number of nitrogens with zero attached hydrogens (tertiary/aromatic N) is 2. The van der Waals surface area contributed by atoms with Gasteiger partial charge in [-0.25, -0.2) is 4.79 Å². The van der Waals surface area contributed by atoms with E-state index in [1.807, 2.05) is 0 Å². The Kier molecular flexibility index (Phi) is 6.91. The number of aromatic amines is 1. The van der Waals surface area contributed by atoms with Gasteiger partial charge in [-0.15, -0.1) is 0 Å². The van der Waals surface area contributed by atoms with Crippen molar-refractivity contribution < 1.29 is 29.0 Å². The normalized spacial score (nSPS) is 16.9. The minimum absolute atomic E-state index is 0.0715. The molecule has 2 aromatic heterocycles. The zero-order valence-electron chi connectivity index (χ0n) is 20.5. The third-order valence-electron chi connectivity index (χ3n) is 6.18. The standard InChI is InChI=1S/C27H27N3O6/c1-5-36-27(34)22-15(2)20(16(3)29-22)24(31)21-23(18-9-6-10-19(12-18)35-4)30(26(33)25(21)32)14-17-8-7-11-28-13-17/h6-13,23,29,31H,5,14H2,1-4H3/t23-/m0/s1. The average Bonchev–Trinajstić information content (AvgIpc) is 3.32. The molecule has 0 bridgehead atoms. The summed E-state index contributed by atoms with van der Waals surface area (Å²) < 4.78 is 10.5. The molecular formula is C27H27N3O6. The van der Waals surface area contributed by atoms with Crippen molar-refractivity contribution in [3.63, 3.8) is 0 Å². The van der Waals surface area contributed by atoms with E-state index in [-0.39, 0.29) is 35.7 Å². The lowest BCUT2D eigenvalue weighted by Gasteiger charge is -2.25. The van der Waals surface area contributed by atoms with Gasteiger partial charge in [0.2, 0.25) is 0 Å². The predicted octanol–water partition coefficient (Wildman–Crippen LogP) is 3.83. The quantitative estimate of drug-likeness (QED) is 0.224. The number of pyridine rings is 1. The second kappa shape index (κ2) is 10.1. The number of hydrogen-bond acceptors (Lipinski definition) is 7. The summed E-state index contributed by atoms with van der Waals surface area (Å²) in [7, 11) is 1.52. The Bertz CT molecular complexity index is 1360. The summed E-state index contributed by atoms with van der Waals surface area (Å²) in [6.45, 7) is 5.32. The molecule has 3 heterocycles. The number of ketones is 1. The van der Waals surface area contributed by atoms with Crippen LogP contribution in [-0.4, -0.2) is 51.4 Å². The monoisotopic (exact) mass is 489 g/mol. The lowest BCUT2D eigenvalue weighted by atomic mass is 9.94. The molecule has 1 saturated heterocycles. The van der Waals surface area contributed by atoms with Gasteiger partial charge in [0.05, 0.1) is 25.3 Å². The van der Waals surface area contributed by atoms with Crippen LogP contribution in [0.2, 0.25) is 0 Å². The molecule has 9 nitrogen and oxygen atoms in total. The molecule has 1 aromatic carbocycles. The zero-order valence-corrected chi connectivity index (χ0v) is 20.5. The number of aliphatic hydroxyl groups is 1. The fourth-order valence-corrected chi connectivity index (χ4v) is 4.54. The van der Waals surface area contributed by atoms with E-state index >= 15 is 0 Å². The van der Waals surface area contributed by atoms with Crippen molar-refractivity contribution >= 4 is 23.4 Å². The Hall–Kier alpha value is -4.40. The molecule has 36 heavy (non-hydrogen) atoms. The molecule has 0 aliphatic carbocycles. The second-order valence-electron chi connectivity index (χ2n) is 8.41. The second-order valence-corrected chi connectivity index (χ2v) is 8.41. The van der Waals surface area contributed by atoms with Crippen LogP contribution in [-0.2, 0) is 20.9 Å². The Labute approximate surface area is 208 Å². The zero-order chi connectivity index (χ0) is 26.0. The van der Waals surface area contributed by atoms with E-state index in [9.17, 15) is 19.5 Å². The third kappa shape index (κ3) is 4.35. The van der Waals surface area contributed by atoms with E-state index in [2.05, 4.69) is 9.97 Å². The van der Waals surface area contributed by atoms with Crippen LogP contribution >= 0.6 is 0 Å². The molecular weight excluding hydrogens is 462 g/mol. The van der Waals surface area contributed by atoms with Crippen LogP contribution in [0, 0.1) is 13.8 Å². The minimum Gasteiger partial charge on any atom is -0.507 e. The number of carbonyl (C=O) groups is 3. The van der Waals surface area contributed by atoms with Crippen LogP contribution < -0.4 is 4.74 Å². The molecule has 1 amide bonds. The Morgan fingerprint density at radius 3 is 2.64 bits per heavy atom. The first-order valence-corrected chi connectivity index (χ1v) is 11.5. The summed E-state index contributed by atoms with van der Waals surface area (Å²) in [6, 6.07) is 9.66. The molecule has 2 N–H and O–H groups in total. The van der Waals surface area contributed by atoms with Gasteiger partial charge in [-0.3, -0.25) is 14.6 Å². The SMILES string of the molecule is CCOC(=O)c1[nH]c(C)c(C(O)=C2C(=O)C(=O)N(Cc3cccnc3)[C@H]2c2cccc(OC)c2)c1C. The van der Waals surface area contributed by atoms with Crippen molar-refractivity contribution in [3.8, 4) is 5.75 Å². The number of methoxy groups -OCH3 is 1. The molecule has 1 aliphatic heterocycles. The van der Waals surface area contributed by atoms with Gasteiger partial charge in [-0.05, 0) is 55.7 Å². The molecule has 3 aromatic rings. The largest absolute Gasteiger partial charge is 0.507 e. The molecule has 9 heteroatoms. The van der Waals surface area contributed by atoms with Crippen LogP contribution in [0.3, 0.4) is 0 Å². The lowest BCUT2D eigenvalue weighted by Crippen LogP contribution is -2.29. The highest BCUT2D eigenvalue weighted by atomic mass is 16.5. The number of hydrogen-bond donors (Lipinski definition) is 2. The number of aromatic nitrogens is 2. The fourth-order valence-electron chi connectivity index (χ4n) is 4.54. The molecule has 0 unspecified atom stereocenters. The van der Waals surface area contributed by atoms with Crippen LogP contribution in [0.25, 0.3) is 5.76 Å². The summed E-state index contributed by atoms with van der Waals surface area (Å²) >= 11 is 0. The summed E-state index contributed by atoms with van der Waals surface area (Å²) in [5.74, 6) is -1.96. The van der Waals surface area contributed by atoms with Crippen molar-refractivity contribution in [2.45, 2.75) is 33.4 Å². The number of aryl methyl sites for hydroxylation is 1. The van der Waals surface area contributed by atoms with Crippen LogP contribution in [0.1, 0.15) is 51.4 Å². The van der Waals surface area contributed by atoms with Crippen molar-refractivity contribution in [2.24, 2.45) is 0 Å². The predicted molar refractivity (Wildman–Crippen MR) is 131 cm³/mol. The summed E-state index contributed by atoms with van der Waals surface area (Å²) in [4.78, 5) is 47.5. The number of nitrogens with one attached hydrogen (secondary N) is 1. The summed E-state index contributed by atoms with van der Waals surface area (Å²) in [6.07, 6.45) is 3.24. The third-order valence-corrected chi connectivity index (χ3v) is 6.18. The molecule has 0 radical (unpaired) electrons. The van der Waals surface area contributed by atoms with E-state index < -0.39 is 23.7 Å². The molecule has 1 aliphatic rings. The number of benzene rings is 1. The Morgan fingerprint density at radius 1 is 1.19 bits per heavy atom. The number of amides is 1. The Morgan fingerprint density at radius 2 is 1.97 bits per heavy atom. The Balaban J connectivity index is 1.90. The molecule has 1 atom stereocenters. The summed E-state index contributed by atoms with van der Waals surface area (Å²) in [5, 5.41) is 11.5. The van der Waals surface area contributed by atoms with Gasteiger partial charge >= 0.3 is 5.97 Å². The minimum atomic E-state index is -0.889. The first kappa shape index (κ1) is 24.7. The molecule has 4 rings (SSSR count). The first-order valence-electron chi connectivity index (χ1n) is 11.5. The van der Waals surface area contributed by atoms with Crippen molar-refractivity contribution in [1.82, 2.24) is 14.9 Å². The highest BCUT2D eigenvalue weighted by Gasteiger charge is 2.46. The summed E-state index contributed by atoms with van der Waals surface area (Å²) in [5.41, 5.74) is 2.60. The van der Waals surface area contributed by atoms with Crippen LogP contribution in [0.4, 0.5) is 0 Å². The average molecular weight is 490 g/mol. The van der Waals surface area contributed by atoms with Crippen LogP contribution in [0.15, 0.2) is 54.4 Å². The van der Waals surface area contributed by atoms with Gasteiger partial charge in [0, 0.05) is 30.2 Å². The highest BCUT2D eigenvalue weighted by Crippen LogP contribution is 2.42. The smallest absolute Gasteiger partial charge is 0.355 e. The van der Waals surface area contributed by atoms with E-state index in [4.69, 9.17) is 9.47 Å². The topological polar surface area (TPSA) is 122 Å². The van der Waals surface area contributed by atoms with Crippen molar-refractivity contribution in [1.29, 1.82) is 0 Å². The highest BCUT2D eigenvalue weighted by molar-refractivity contribution is 6.46. The number of aliphatic hydroxyl groups excluding tert-OH is 1. The number of esters is 1. The first-order chi connectivity index (χ1) is 17.3. The van der Waals surface area contributed by atoms with E-state index in [1.54, 1.807) is 69.6 Å². The number of carbonyl (C=O) groups excluding carboxylic acids is 3. The fraction of sp³-hybridized carbons (Fsp3) is 0.259. The molecule has 1 fully saturated rings. The van der Waals surface area contributed by atoms with Gasteiger partial charge in [-0.1, -0.05) is 18.2 Å². The van der Waals surface area contributed by atoms with Crippen LogP contribution in [0.5, 0.6) is 5.75 Å². The number of likely N-dealkylation sites (tertiary alicyclic amines) is 1. The number of H-pyrrole nitrogens is 1. The number of ether oxygens (including phenoxy) is 2. The van der Waals surface area contributed by atoms with E-state index in [0.29, 0.717) is 22.6 Å². The maximum atomic E-state index is 13.4. The number of Topliss-reactive ketones (excluding diaryl/α,β-unsaturated/α-hetero) is 1. The van der Waals surface area contributed by atoms with Gasteiger partial charge in [0.15, 0.2) is 0 Å². The number of rotatable bonds is 7.